The minimum absolute atomic E-state index is 0.121. The van der Waals surface area contributed by atoms with Crippen molar-refractivity contribution < 1.29 is 26.7 Å². The Labute approximate surface area is 115 Å². The van der Waals surface area contributed by atoms with E-state index in [-0.39, 0.29) is 21.5 Å². The summed E-state index contributed by atoms with van der Waals surface area (Å²) in [6.07, 6.45) is -4.74. The topological polar surface area (TPSA) is 22.1 Å². The van der Waals surface area contributed by atoms with Crippen molar-refractivity contribution in [1.82, 2.24) is 4.98 Å². The van der Waals surface area contributed by atoms with Gasteiger partial charge in [0.2, 0.25) is 0 Å². The Morgan fingerprint density at radius 1 is 1.25 bits per heavy atom. The Balaban J connectivity index is 2.78. The molecule has 8 heteroatoms. The van der Waals surface area contributed by atoms with E-state index in [4.69, 9.17) is 11.6 Å². The number of fused-ring (bicyclic) bond motifs is 1. The van der Waals surface area contributed by atoms with Gasteiger partial charge in [0.15, 0.2) is 5.75 Å². The smallest absolute Gasteiger partial charge is 0.432 e. The number of halogens is 6. The van der Waals surface area contributed by atoms with E-state index < -0.39 is 24.2 Å². The summed E-state index contributed by atoms with van der Waals surface area (Å²) in [6.45, 7) is -2.00. The van der Waals surface area contributed by atoms with Crippen molar-refractivity contribution in [2.75, 3.05) is 0 Å². The van der Waals surface area contributed by atoms with Crippen LogP contribution in [0.3, 0.4) is 0 Å². The zero-order valence-electron chi connectivity index (χ0n) is 9.93. The fraction of sp³-hybridized carbons (Fsp3) is 0.250. The molecule has 0 amide bonds. The van der Waals surface area contributed by atoms with Gasteiger partial charge in [-0.3, -0.25) is 0 Å². The Bertz CT molecular complexity index is 656. The first-order valence-electron chi connectivity index (χ1n) is 5.32. The third kappa shape index (κ3) is 2.63. The van der Waals surface area contributed by atoms with Crippen molar-refractivity contribution >= 4 is 22.5 Å². The van der Waals surface area contributed by atoms with Gasteiger partial charge in [0.05, 0.1) is 5.02 Å². The molecule has 0 unspecified atom stereocenters. The van der Waals surface area contributed by atoms with Gasteiger partial charge in [-0.15, -0.1) is 0 Å². The Hall–Kier alpha value is -1.63. The number of hydrogen-bond donors (Lipinski definition) is 0. The largest absolute Gasteiger partial charge is 0.433 e. The average Bonchev–Trinajstić information content (AvgIpc) is 2.32. The molecule has 0 atom stereocenters. The third-order valence-electron chi connectivity index (χ3n) is 2.63. The van der Waals surface area contributed by atoms with Gasteiger partial charge in [0.25, 0.3) is 0 Å². The van der Waals surface area contributed by atoms with Gasteiger partial charge >= 0.3 is 12.8 Å². The van der Waals surface area contributed by atoms with E-state index in [1.165, 1.54) is 12.1 Å². The second-order valence-electron chi connectivity index (χ2n) is 3.93. The second-order valence-corrected chi connectivity index (χ2v) is 4.31. The van der Waals surface area contributed by atoms with Crippen molar-refractivity contribution in [2.24, 2.45) is 0 Å². The molecule has 0 radical (unpaired) electrons. The number of para-hydroxylation sites is 1. The van der Waals surface area contributed by atoms with E-state index in [2.05, 4.69) is 9.72 Å². The molecule has 0 saturated carbocycles. The number of benzene rings is 1. The van der Waals surface area contributed by atoms with Crippen LogP contribution >= 0.6 is 11.6 Å². The maximum Gasteiger partial charge on any atom is 0.433 e. The van der Waals surface area contributed by atoms with Crippen molar-refractivity contribution in [3.05, 3.63) is 34.5 Å². The molecule has 0 aliphatic carbocycles. The maximum atomic E-state index is 12.8. The summed E-state index contributed by atoms with van der Waals surface area (Å²) in [5, 5.41) is -0.0719. The van der Waals surface area contributed by atoms with Gasteiger partial charge < -0.3 is 4.74 Å². The summed E-state index contributed by atoms with van der Waals surface area (Å²) in [5.41, 5.74) is -1.84. The summed E-state index contributed by atoms with van der Waals surface area (Å²) in [5.74, 6) is -0.454. The molecule has 0 bridgehead atoms. The van der Waals surface area contributed by atoms with Gasteiger partial charge in [-0.2, -0.15) is 22.0 Å². The van der Waals surface area contributed by atoms with Gasteiger partial charge in [0, 0.05) is 5.39 Å². The predicted molar refractivity (Wildman–Crippen MR) is 63.1 cm³/mol. The number of aromatic nitrogens is 1. The highest BCUT2D eigenvalue weighted by Gasteiger charge is 2.36. The molecule has 108 valence electrons. The van der Waals surface area contributed by atoms with Crippen molar-refractivity contribution in [2.45, 2.75) is 19.7 Å². The van der Waals surface area contributed by atoms with E-state index in [0.717, 1.165) is 13.0 Å². The number of nitrogens with zero attached hydrogens (tertiary/aromatic N) is 1. The standard InChI is InChI=1S/C12H7ClF5NO/c1-5-8(13)6-3-2-4-7(20-11(14)15)9(6)19-10(5)12(16,17)18/h2-4,11H,1H3. The lowest BCUT2D eigenvalue weighted by Crippen LogP contribution is -2.12. The highest BCUT2D eigenvalue weighted by molar-refractivity contribution is 6.36. The van der Waals surface area contributed by atoms with Crippen LogP contribution in [0.4, 0.5) is 22.0 Å². The molecule has 1 aromatic carbocycles. The predicted octanol–water partition coefficient (Wildman–Crippen LogP) is 4.82. The van der Waals surface area contributed by atoms with Crippen LogP contribution in [-0.4, -0.2) is 11.6 Å². The molecular weight excluding hydrogens is 305 g/mol. The van der Waals surface area contributed by atoms with Crippen LogP contribution < -0.4 is 4.74 Å². The molecule has 0 N–H and O–H groups in total. The van der Waals surface area contributed by atoms with Gasteiger partial charge in [-0.05, 0) is 18.6 Å². The zero-order chi connectivity index (χ0) is 15.1. The van der Waals surface area contributed by atoms with Crippen LogP contribution in [0, 0.1) is 6.92 Å². The zero-order valence-corrected chi connectivity index (χ0v) is 10.7. The molecule has 0 fully saturated rings. The molecular formula is C12H7ClF5NO. The van der Waals surface area contributed by atoms with E-state index in [9.17, 15) is 22.0 Å². The lowest BCUT2D eigenvalue weighted by molar-refractivity contribution is -0.141. The summed E-state index contributed by atoms with van der Waals surface area (Å²) < 4.78 is 67.2. The van der Waals surface area contributed by atoms with Crippen LogP contribution in [-0.2, 0) is 6.18 Å². The van der Waals surface area contributed by atoms with Crippen molar-refractivity contribution in [3.63, 3.8) is 0 Å². The summed E-state index contributed by atoms with van der Waals surface area (Å²) >= 11 is 5.86. The monoisotopic (exact) mass is 311 g/mol. The Morgan fingerprint density at radius 3 is 2.45 bits per heavy atom. The number of pyridine rings is 1. The Morgan fingerprint density at radius 2 is 1.90 bits per heavy atom. The molecule has 0 saturated heterocycles. The molecule has 2 nitrogen and oxygen atoms in total. The molecule has 1 heterocycles. The summed E-state index contributed by atoms with van der Waals surface area (Å²) in [7, 11) is 0. The van der Waals surface area contributed by atoms with Crippen LogP contribution in [0.2, 0.25) is 5.02 Å². The molecule has 20 heavy (non-hydrogen) atoms. The van der Waals surface area contributed by atoms with Crippen LogP contribution in [0.25, 0.3) is 10.9 Å². The van der Waals surface area contributed by atoms with Gasteiger partial charge in [0.1, 0.15) is 11.2 Å². The first-order chi connectivity index (χ1) is 9.21. The highest BCUT2D eigenvalue weighted by atomic mass is 35.5. The fourth-order valence-corrected chi connectivity index (χ4v) is 2.03. The fourth-order valence-electron chi connectivity index (χ4n) is 1.78. The molecule has 2 aromatic rings. The van der Waals surface area contributed by atoms with Crippen molar-refractivity contribution in [1.29, 1.82) is 0 Å². The SMILES string of the molecule is Cc1c(C(F)(F)F)nc2c(OC(F)F)cccc2c1Cl. The minimum Gasteiger partial charge on any atom is -0.432 e. The highest BCUT2D eigenvalue weighted by Crippen LogP contribution is 2.39. The molecule has 1 aromatic heterocycles. The minimum atomic E-state index is -4.74. The number of alkyl halides is 5. The van der Waals surface area contributed by atoms with Crippen LogP contribution in [0.1, 0.15) is 11.3 Å². The third-order valence-corrected chi connectivity index (χ3v) is 3.12. The average molecular weight is 312 g/mol. The first kappa shape index (κ1) is 14.8. The van der Waals surface area contributed by atoms with E-state index in [1.807, 2.05) is 0 Å². The van der Waals surface area contributed by atoms with E-state index in [1.54, 1.807) is 0 Å². The molecule has 2 rings (SSSR count). The maximum absolute atomic E-state index is 12.8. The number of ether oxygens (including phenoxy) is 1. The van der Waals surface area contributed by atoms with Crippen LogP contribution in [0.5, 0.6) is 5.75 Å². The lowest BCUT2D eigenvalue weighted by Gasteiger charge is -2.14. The van der Waals surface area contributed by atoms with Crippen LogP contribution in [0.15, 0.2) is 18.2 Å². The molecule has 0 spiro atoms. The normalized spacial score (nSPS) is 12.2. The molecule has 0 aliphatic rings. The Kier molecular flexibility index (Phi) is 3.73. The number of rotatable bonds is 2. The number of hydrogen-bond acceptors (Lipinski definition) is 2. The lowest BCUT2D eigenvalue weighted by atomic mass is 10.1. The van der Waals surface area contributed by atoms with E-state index >= 15 is 0 Å². The van der Waals surface area contributed by atoms with Crippen molar-refractivity contribution in [3.8, 4) is 5.75 Å². The first-order valence-corrected chi connectivity index (χ1v) is 5.70. The summed E-state index contributed by atoms with van der Waals surface area (Å²) in [6, 6.07) is 3.84. The quantitative estimate of drug-likeness (QED) is 0.742. The van der Waals surface area contributed by atoms with E-state index in [0.29, 0.717) is 0 Å². The second kappa shape index (κ2) is 5.05. The van der Waals surface area contributed by atoms with Gasteiger partial charge in [-0.25, -0.2) is 4.98 Å². The van der Waals surface area contributed by atoms with Gasteiger partial charge in [-0.1, -0.05) is 23.7 Å². The molecule has 0 aliphatic heterocycles. The summed E-state index contributed by atoms with van der Waals surface area (Å²) in [4.78, 5) is 3.39.